The van der Waals surface area contributed by atoms with Crippen LogP contribution in [0.3, 0.4) is 0 Å². The van der Waals surface area contributed by atoms with Crippen LogP contribution >= 0.6 is 0 Å². The zero-order valence-corrected chi connectivity index (χ0v) is 21.2. The van der Waals surface area contributed by atoms with Gasteiger partial charge in [0, 0.05) is 27.2 Å². The number of para-hydroxylation sites is 1. The van der Waals surface area contributed by atoms with Crippen LogP contribution in [0.2, 0.25) is 0 Å². The van der Waals surface area contributed by atoms with Gasteiger partial charge in [-0.25, -0.2) is 0 Å². The molecule has 0 N–H and O–H groups in total. The van der Waals surface area contributed by atoms with Gasteiger partial charge >= 0.3 is 0 Å². The third kappa shape index (κ3) is 3.11. The van der Waals surface area contributed by atoms with E-state index in [9.17, 15) is 0 Å². The summed E-state index contributed by atoms with van der Waals surface area (Å²) in [4.78, 5) is 7.16. The molecule has 8 aromatic rings. The van der Waals surface area contributed by atoms with Crippen LogP contribution in [-0.2, 0) is 0 Å². The van der Waals surface area contributed by atoms with Gasteiger partial charge in [-0.05, 0) is 64.4 Å². The molecule has 0 aliphatic heterocycles. The van der Waals surface area contributed by atoms with Crippen molar-refractivity contribution in [2.24, 2.45) is 0 Å². The Morgan fingerprint density at radius 2 is 1.25 bits per heavy atom. The smallest absolute Gasteiger partial charge is 0.196 e. The van der Waals surface area contributed by atoms with Crippen molar-refractivity contribution in [1.82, 2.24) is 4.57 Å². The average molecular weight is 510 g/mol. The van der Waals surface area contributed by atoms with Crippen molar-refractivity contribution in [2.45, 2.75) is 0 Å². The Kier molecular flexibility index (Phi) is 4.62. The number of furan rings is 1. The molecule has 0 aliphatic rings. The molecule has 0 spiro atoms. The van der Waals surface area contributed by atoms with Crippen LogP contribution in [-0.4, -0.2) is 4.57 Å². The van der Waals surface area contributed by atoms with E-state index < -0.39 is 0 Å². The lowest BCUT2D eigenvalue weighted by molar-refractivity contribution is 0.669. The van der Waals surface area contributed by atoms with E-state index in [-0.39, 0.29) is 0 Å². The Balaban J connectivity index is 1.42. The molecule has 0 saturated heterocycles. The molecule has 0 fully saturated rings. The van der Waals surface area contributed by atoms with Crippen molar-refractivity contribution in [1.29, 1.82) is 0 Å². The molecule has 2 aromatic heterocycles. The highest BCUT2D eigenvalue weighted by Crippen LogP contribution is 2.41. The van der Waals surface area contributed by atoms with E-state index in [0.29, 0.717) is 11.4 Å². The van der Waals surface area contributed by atoms with Gasteiger partial charge in [-0.2, -0.15) is 0 Å². The van der Waals surface area contributed by atoms with Crippen molar-refractivity contribution < 1.29 is 4.42 Å². The number of hydrogen-bond acceptors (Lipinski definition) is 1. The van der Waals surface area contributed by atoms with Crippen LogP contribution in [0.5, 0.6) is 0 Å². The predicted octanol–water partition coefficient (Wildman–Crippen LogP) is 10.6. The lowest BCUT2D eigenvalue weighted by Crippen LogP contribution is -1.93. The van der Waals surface area contributed by atoms with E-state index in [1.54, 1.807) is 6.07 Å². The third-order valence-electron chi connectivity index (χ3n) is 7.82. The molecular formula is C36H19N3O. The van der Waals surface area contributed by atoms with Crippen molar-refractivity contribution in [3.63, 3.8) is 0 Å². The summed E-state index contributed by atoms with van der Waals surface area (Å²) < 4.78 is 8.38. The quantitative estimate of drug-likeness (QED) is 0.213. The summed E-state index contributed by atoms with van der Waals surface area (Å²) in [6.45, 7) is 15.1. The second-order valence-electron chi connectivity index (χ2n) is 9.95. The molecule has 0 atom stereocenters. The summed E-state index contributed by atoms with van der Waals surface area (Å²) in [5.74, 6) is 0. The van der Waals surface area contributed by atoms with Gasteiger partial charge in [-0.1, -0.05) is 72.8 Å². The summed E-state index contributed by atoms with van der Waals surface area (Å²) in [6, 6.07) is 39.3. The standard InChI is InChI=1S/C36H19N3O/c1-37-30-16-14-25(21-31(30)38-2)39-32-17-13-23(19-29(32)36-26-8-4-3-7-22(26)12-18-33(36)39)24-11-15-28-27-9-5-6-10-34(27)40-35(28)20-24/h3-21H. The highest BCUT2D eigenvalue weighted by atomic mass is 16.3. The van der Waals surface area contributed by atoms with Gasteiger partial charge in [0.2, 0.25) is 0 Å². The minimum Gasteiger partial charge on any atom is -0.456 e. The zero-order valence-electron chi connectivity index (χ0n) is 21.2. The van der Waals surface area contributed by atoms with Crippen molar-refractivity contribution in [3.05, 3.63) is 138 Å². The lowest BCUT2D eigenvalue weighted by atomic mass is 9.99. The number of benzene rings is 6. The summed E-state index contributed by atoms with van der Waals surface area (Å²) in [5, 5.41) is 6.88. The zero-order chi connectivity index (χ0) is 26.8. The maximum atomic E-state index is 7.62. The molecule has 184 valence electrons. The Morgan fingerprint density at radius 1 is 0.525 bits per heavy atom. The minimum absolute atomic E-state index is 0.360. The monoisotopic (exact) mass is 509 g/mol. The normalized spacial score (nSPS) is 11.4. The molecule has 0 saturated carbocycles. The molecule has 4 heteroatoms. The number of fused-ring (bicyclic) bond motifs is 8. The first-order valence-electron chi connectivity index (χ1n) is 13.0. The first kappa shape index (κ1) is 22.2. The highest BCUT2D eigenvalue weighted by molar-refractivity contribution is 6.22. The van der Waals surface area contributed by atoms with E-state index in [0.717, 1.165) is 55.2 Å². The predicted molar refractivity (Wildman–Crippen MR) is 164 cm³/mol. The molecule has 4 nitrogen and oxygen atoms in total. The van der Waals surface area contributed by atoms with Crippen LogP contribution in [0.25, 0.3) is 81.0 Å². The van der Waals surface area contributed by atoms with Gasteiger partial charge in [0.1, 0.15) is 11.2 Å². The molecule has 40 heavy (non-hydrogen) atoms. The molecule has 0 bridgehead atoms. The molecule has 0 aliphatic carbocycles. The average Bonchev–Trinajstić information content (AvgIpc) is 3.55. The van der Waals surface area contributed by atoms with Crippen molar-refractivity contribution in [3.8, 4) is 16.8 Å². The second-order valence-corrected chi connectivity index (χ2v) is 9.95. The van der Waals surface area contributed by atoms with E-state index in [2.05, 4.69) is 93.1 Å². The van der Waals surface area contributed by atoms with Gasteiger partial charge in [0.25, 0.3) is 0 Å². The fourth-order valence-electron chi connectivity index (χ4n) is 5.99. The summed E-state index contributed by atoms with van der Waals surface area (Å²) in [5.41, 5.74) is 7.66. The van der Waals surface area contributed by atoms with Gasteiger partial charge in [-0.15, -0.1) is 0 Å². The summed E-state index contributed by atoms with van der Waals surface area (Å²) in [7, 11) is 0. The number of aromatic nitrogens is 1. The van der Waals surface area contributed by atoms with Crippen LogP contribution in [0.15, 0.2) is 120 Å². The van der Waals surface area contributed by atoms with Crippen LogP contribution < -0.4 is 0 Å². The largest absolute Gasteiger partial charge is 0.456 e. The van der Waals surface area contributed by atoms with Crippen molar-refractivity contribution in [2.75, 3.05) is 0 Å². The molecule has 0 radical (unpaired) electrons. The van der Waals surface area contributed by atoms with Crippen molar-refractivity contribution >= 4 is 65.9 Å². The molecule has 8 rings (SSSR count). The molecule has 0 unspecified atom stereocenters. The van der Waals surface area contributed by atoms with E-state index >= 15 is 0 Å². The molecule has 6 aromatic carbocycles. The fourth-order valence-corrected chi connectivity index (χ4v) is 5.99. The van der Waals surface area contributed by atoms with Crippen LogP contribution in [0.1, 0.15) is 0 Å². The van der Waals surface area contributed by atoms with Gasteiger partial charge in [-0.3, -0.25) is 9.69 Å². The lowest BCUT2D eigenvalue weighted by Gasteiger charge is -2.10. The highest BCUT2D eigenvalue weighted by Gasteiger charge is 2.17. The maximum Gasteiger partial charge on any atom is 0.196 e. The van der Waals surface area contributed by atoms with E-state index in [1.165, 1.54) is 16.2 Å². The number of rotatable bonds is 2. The Hall–Kier alpha value is -5.84. The first-order valence-corrected chi connectivity index (χ1v) is 13.0. The van der Waals surface area contributed by atoms with Gasteiger partial charge in [0.15, 0.2) is 11.4 Å². The topological polar surface area (TPSA) is 26.8 Å². The van der Waals surface area contributed by atoms with E-state index in [1.807, 2.05) is 30.3 Å². The molecular weight excluding hydrogens is 490 g/mol. The van der Waals surface area contributed by atoms with Crippen LogP contribution in [0, 0.1) is 13.1 Å². The molecule has 2 heterocycles. The second kappa shape index (κ2) is 8.33. The Bertz CT molecular complexity index is 2410. The molecule has 0 amide bonds. The summed E-state index contributed by atoms with van der Waals surface area (Å²) in [6.07, 6.45) is 0. The minimum atomic E-state index is 0.360. The third-order valence-corrected chi connectivity index (χ3v) is 7.82. The first-order chi connectivity index (χ1) is 19.7. The fraction of sp³-hybridized carbons (Fsp3) is 0. The van der Waals surface area contributed by atoms with Gasteiger partial charge in [0.05, 0.1) is 24.2 Å². The van der Waals surface area contributed by atoms with Gasteiger partial charge < -0.3 is 8.98 Å². The van der Waals surface area contributed by atoms with Crippen LogP contribution in [0.4, 0.5) is 11.4 Å². The summed E-state index contributed by atoms with van der Waals surface area (Å²) >= 11 is 0. The SMILES string of the molecule is [C-]#[N+]c1ccc(-n2c3ccc(-c4ccc5c(c4)oc4ccccc45)cc3c3c4ccccc4ccc32)cc1[N+]#[C-]. The number of nitrogens with zero attached hydrogens (tertiary/aromatic N) is 3. The van der Waals surface area contributed by atoms with E-state index in [4.69, 9.17) is 17.6 Å². The number of hydrogen-bond donors (Lipinski definition) is 0. The Morgan fingerprint density at radius 3 is 2.12 bits per heavy atom. The Labute approximate surface area is 229 Å². The maximum absolute atomic E-state index is 7.62.